The quantitative estimate of drug-likeness (QED) is 0.144. The van der Waals surface area contributed by atoms with Crippen LogP contribution in [0, 0.1) is 0 Å². The van der Waals surface area contributed by atoms with E-state index >= 15 is 0 Å². The first-order valence-corrected chi connectivity index (χ1v) is 23.7. The van der Waals surface area contributed by atoms with Gasteiger partial charge >= 0.3 is 0 Å². The number of rotatable bonds is 9. The molecule has 1 heterocycles. The van der Waals surface area contributed by atoms with Gasteiger partial charge in [-0.3, -0.25) is 0 Å². The lowest BCUT2D eigenvalue weighted by Crippen LogP contribution is -2.28. The van der Waals surface area contributed by atoms with Gasteiger partial charge < -0.3 is 9.32 Å². The highest BCUT2D eigenvalue weighted by Gasteiger charge is 2.45. The van der Waals surface area contributed by atoms with Crippen molar-refractivity contribution in [1.29, 1.82) is 0 Å². The van der Waals surface area contributed by atoms with E-state index < -0.39 is 5.41 Å². The zero-order valence-electron chi connectivity index (χ0n) is 37.8. The second kappa shape index (κ2) is 16.7. The second-order valence-corrected chi connectivity index (χ2v) is 18.0. The highest BCUT2D eigenvalue weighted by molar-refractivity contribution is 6.09. The number of para-hydroxylation sites is 3. The third-order valence-corrected chi connectivity index (χ3v) is 14.2. The average Bonchev–Trinajstić information content (AvgIpc) is 3.96. The van der Waals surface area contributed by atoms with Gasteiger partial charge in [0.25, 0.3) is 0 Å². The summed E-state index contributed by atoms with van der Waals surface area (Å²) in [6.07, 6.45) is 0. The molecule has 324 valence electrons. The fourth-order valence-corrected chi connectivity index (χ4v) is 11.0. The molecule has 0 N–H and O–H groups in total. The SMILES string of the molecule is c1ccc(-c2ccc(-c3ccccc3N(c3ccc(-c4cccc(-c5cccc6c5oc5ccccc56)c4)cc3)c3ccc(C4(c5ccccc5)c5ccccc5-c5ccccc54)cc3)cc2)cc1. The minimum Gasteiger partial charge on any atom is -0.455 e. The van der Waals surface area contributed by atoms with Crippen molar-refractivity contribution in [3.05, 3.63) is 295 Å². The van der Waals surface area contributed by atoms with Crippen molar-refractivity contribution in [3.63, 3.8) is 0 Å². The topological polar surface area (TPSA) is 16.4 Å². The fraction of sp³-hybridized carbons (Fsp3) is 0.0149. The van der Waals surface area contributed by atoms with Gasteiger partial charge in [0.15, 0.2) is 0 Å². The second-order valence-electron chi connectivity index (χ2n) is 18.0. The van der Waals surface area contributed by atoms with Crippen LogP contribution >= 0.6 is 0 Å². The fourth-order valence-electron chi connectivity index (χ4n) is 11.0. The van der Waals surface area contributed by atoms with Crippen LogP contribution in [0.2, 0.25) is 0 Å². The summed E-state index contributed by atoms with van der Waals surface area (Å²) >= 11 is 0. The van der Waals surface area contributed by atoms with E-state index in [0.717, 1.165) is 72.4 Å². The van der Waals surface area contributed by atoms with E-state index in [9.17, 15) is 0 Å². The molecule has 0 saturated carbocycles. The van der Waals surface area contributed by atoms with Crippen LogP contribution in [-0.4, -0.2) is 0 Å². The molecule has 0 atom stereocenters. The van der Waals surface area contributed by atoms with Gasteiger partial charge in [0.2, 0.25) is 0 Å². The highest BCUT2D eigenvalue weighted by atomic mass is 16.3. The van der Waals surface area contributed by atoms with Crippen molar-refractivity contribution in [1.82, 2.24) is 0 Å². The molecule has 2 nitrogen and oxygen atoms in total. The summed E-state index contributed by atoms with van der Waals surface area (Å²) in [6, 6.07) is 99.2. The highest BCUT2D eigenvalue weighted by Crippen LogP contribution is 2.56. The molecule has 1 aliphatic carbocycles. The third kappa shape index (κ3) is 6.72. The van der Waals surface area contributed by atoms with E-state index in [2.05, 4.69) is 266 Å². The van der Waals surface area contributed by atoms with E-state index in [0.29, 0.717) is 0 Å². The molecule has 0 amide bonds. The van der Waals surface area contributed by atoms with Gasteiger partial charge in [-0.15, -0.1) is 0 Å². The number of nitrogens with zero attached hydrogens (tertiary/aromatic N) is 1. The van der Waals surface area contributed by atoms with Gasteiger partial charge in [-0.2, -0.15) is 0 Å². The molecule has 0 bridgehead atoms. The van der Waals surface area contributed by atoms with E-state index in [-0.39, 0.29) is 0 Å². The molecular formula is C67H45NO. The Hall–Kier alpha value is -8.98. The van der Waals surface area contributed by atoms with Crippen LogP contribution in [-0.2, 0) is 5.41 Å². The van der Waals surface area contributed by atoms with Crippen molar-refractivity contribution < 1.29 is 4.42 Å². The standard InChI is InChI=1S/C67H45NO/c1-3-17-46(18-4-1)47-33-35-49(36-34-47)56-23-9-13-31-64(56)68(54-41-37-48(38-42-54)50-19-15-20-51(45-50)57-27-16-28-61-60-26-10-14-32-65(60)69-66(57)61)55-43-39-53(40-44-55)67(52-21-5-2-6-22-52)62-29-11-7-24-58(62)59-25-8-12-30-63(59)67/h1-45H. The zero-order valence-corrected chi connectivity index (χ0v) is 37.8. The first-order valence-electron chi connectivity index (χ1n) is 23.7. The van der Waals surface area contributed by atoms with Gasteiger partial charge in [0.05, 0.1) is 11.1 Å². The summed E-state index contributed by atoms with van der Waals surface area (Å²) in [6.45, 7) is 0. The number of fused-ring (bicyclic) bond motifs is 6. The van der Waals surface area contributed by atoms with Crippen LogP contribution in [0.25, 0.3) is 77.6 Å². The Morgan fingerprint density at radius 3 is 1.48 bits per heavy atom. The van der Waals surface area contributed by atoms with Crippen LogP contribution < -0.4 is 4.90 Å². The Balaban J connectivity index is 0.933. The predicted octanol–water partition coefficient (Wildman–Crippen LogP) is 18.1. The molecule has 12 aromatic rings. The number of hydrogen-bond acceptors (Lipinski definition) is 2. The molecule has 11 aromatic carbocycles. The van der Waals surface area contributed by atoms with E-state index in [1.807, 2.05) is 12.1 Å². The molecule has 1 aliphatic rings. The molecule has 0 unspecified atom stereocenters. The van der Waals surface area contributed by atoms with E-state index in [1.54, 1.807) is 0 Å². The van der Waals surface area contributed by atoms with Crippen molar-refractivity contribution in [2.75, 3.05) is 4.90 Å². The maximum Gasteiger partial charge on any atom is 0.143 e. The summed E-state index contributed by atoms with van der Waals surface area (Å²) in [5, 5.41) is 2.27. The molecule has 0 radical (unpaired) electrons. The van der Waals surface area contributed by atoms with Crippen molar-refractivity contribution in [2.24, 2.45) is 0 Å². The zero-order chi connectivity index (χ0) is 45.7. The Kier molecular flexibility index (Phi) is 9.77. The van der Waals surface area contributed by atoms with Gasteiger partial charge in [-0.25, -0.2) is 0 Å². The smallest absolute Gasteiger partial charge is 0.143 e. The van der Waals surface area contributed by atoms with Crippen LogP contribution in [0.1, 0.15) is 22.3 Å². The third-order valence-electron chi connectivity index (χ3n) is 14.2. The average molecular weight is 880 g/mol. The number of hydrogen-bond donors (Lipinski definition) is 0. The van der Waals surface area contributed by atoms with Crippen molar-refractivity contribution in [2.45, 2.75) is 5.41 Å². The maximum atomic E-state index is 6.47. The van der Waals surface area contributed by atoms with Crippen LogP contribution in [0.15, 0.2) is 277 Å². The lowest BCUT2D eigenvalue weighted by atomic mass is 9.68. The molecular weight excluding hydrogens is 835 g/mol. The maximum absolute atomic E-state index is 6.47. The first kappa shape index (κ1) is 40.3. The van der Waals surface area contributed by atoms with Gasteiger partial charge in [0.1, 0.15) is 11.2 Å². The molecule has 0 spiro atoms. The Bertz CT molecular complexity index is 3770. The van der Waals surface area contributed by atoms with E-state index in [1.165, 1.54) is 44.5 Å². The van der Waals surface area contributed by atoms with Gasteiger partial charge in [-0.05, 0) is 109 Å². The summed E-state index contributed by atoms with van der Waals surface area (Å²) in [5.41, 5.74) is 21.4. The molecule has 0 saturated heterocycles. The molecule has 13 rings (SSSR count). The van der Waals surface area contributed by atoms with Crippen LogP contribution in [0.5, 0.6) is 0 Å². The summed E-state index contributed by atoms with van der Waals surface area (Å²) in [7, 11) is 0. The lowest BCUT2D eigenvalue weighted by Gasteiger charge is -2.34. The Morgan fingerprint density at radius 2 is 0.754 bits per heavy atom. The largest absolute Gasteiger partial charge is 0.455 e. The van der Waals surface area contributed by atoms with E-state index in [4.69, 9.17) is 4.42 Å². The molecule has 0 aliphatic heterocycles. The summed E-state index contributed by atoms with van der Waals surface area (Å²) < 4.78 is 6.47. The monoisotopic (exact) mass is 879 g/mol. The molecule has 2 heteroatoms. The lowest BCUT2D eigenvalue weighted by molar-refractivity contribution is 0.670. The van der Waals surface area contributed by atoms with Crippen LogP contribution in [0.4, 0.5) is 17.1 Å². The number of anilines is 3. The van der Waals surface area contributed by atoms with Gasteiger partial charge in [0, 0.05) is 33.3 Å². The molecule has 69 heavy (non-hydrogen) atoms. The summed E-state index contributed by atoms with van der Waals surface area (Å²) in [5.74, 6) is 0. The van der Waals surface area contributed by atoms with Crippen LogP contribution in [0.3, 0.4) is 0 Å². The summed E-state index contributed by atoms with van der Waals surface area (Å²) in [4.78, 5) is 2.42. The normalized spacial score (nSPS) is 12.5. The van der Waals surface area contributed by atoms with Gasteiger partial charge in [-0.1, -0.05) is 231 Å². The van der Waals surface area contributed by atoms with Crippen molar-refractivity contribution >= 4 is 39.0 Å². The molecule has 1 aromatic heterocycles. The number of benzene rings is 11. The number of furan rings is 1. The van der Waals surface area contributed by atoms with Crippen molar-refractivity contribution in [3.8, 4) is 55.6 Å². The Morgan fingerprint density at radius 1 is 0.290 bits per heavy atom. The minimum atomic E-state index is -0.484. The predicted molar refractivity (Wildman–Crippen MR) is 287 cm³/mol. The minimum absolute atomic E-state index is 0.484. The Labute approximate surface area is 402 Å². The molecule has 0 fully saturated rings. The first-order chi connectivity index (χ1) is 34.2.